The number of thiazole rings is 1. The fourth-order valence-electron chi connectivity index (χ4n) is 3.36. The molecule has 1 unspecified atom stereocenters. The maximum Gasteiger partial charge on any atom is 0.241 e. The highest BCUT2D eigenvalue weighted by atomic mass is 32.1. The average Bonchev–Trinajstić information content (AvgIpc) is 3.44. The van der Waals surface area contributed by atoms with Gasteiger partial charge < -0.3 is 9.47 Å². The maximum absolute atomic E-state index is 6.04. The number of nitrogens with one attached hydrogen (secondary N) is 1. The summed E-state index contributed by atoms with van der Waals surface area (Å²) in [5.74, 6) is 1.42. The number of methoxy groups -OCH3 is 1. The van der Waals surface area contributed by atoms with E-state index in [2.05, 4.69) is 20.9 Å². The van der Waals surface area contributed by atoms with E-state index in [1.54, 1.807) is 18.4 Å². The second kappa shape index (κ2) is 7.78. The van der Waals surface area contributed by atoms with E-state index in [4.69, 9.17) is 19.6 Å². The van der Waals surface area contributed by atoms with Gasteiger partial charge in [0.15, 0.2) is 5.13 Å². The van der Waals surface area contributed by atoms with Gasteiger partial charge in [-0.3, -0.25) is 10.00 Å². The molecule has 1 aromatic carbocycles. The molecule has 1 aliphatic rings. The molecule has 1 atom stereocenters. The minimum Gasteiger partial charge on any atom is -0.497 e. The van der Waals surface area contributed by atoms with Gasteiger partial charge in [-0.25, -0.2) is 9.97 Å². The minimum absolute atomic E-state index is 0.0993. The van der Waals surface area contributed by atoms with Crippen LogP contribution in [0.4, 0.5) is 11.1 Å². The molecular weight excluding hydrogens is 420 g/mol. The van der Waals surface area contributed by atoms with Crippen molar-refractivity contribution in [3.63, 3.8) is 0 Å². The van der Waals surface area contributed by atoms with Crippen LogP contribution in [0.25, 0.3) is 11.3 Å². The molecule has 0 radical (unpaired) electrons. The van der Waals surface area contributed by atoms with Gasteiger partial charge in [0.1, 0.15) is 16.5 Å². The van der Waals surface area contributed by atoms with E-state index < -0.39 is 0 Å². The lowest BCUT2D eigenvalue weighted by Crippen LogP contribution is -2.04. The lowest BCUT2D eigenvalue weighted by Gasteiger charge is -2.08. The van der Waals surface area contributed by atoms with Crippen LogP contribution >= 0.6 is 22.9 Å². The second-order valence-corrected chi connectivity index (χ2v) is 9.02. The first-order valence-electron chi connectivity index (χ1n) is 9.48. The number of fused-ring (bicyclic) bond motifs is 3. The molecular formula is C20H20N6O2S2. The molecule has 4 heterocycles. The third-order valence-corrected chi connectivity index (χ3v) is 6.41. The maximum atomic E-state index is 6.04. The Balaban J connectivity index is 1.45. The molecule has 0 saturated heterocycles. The summed E-state index contributed by atoms with van der Waals surface area (Å²) in [6.45, 7) is 5.13. The van der Waals surface area contributed by atoms with Gasteiger partial charge in [0, 0.05) is 11.8 Å². The van der Waals surface area contributed by atoms with Crippen molar-refractivity contribution in [2.24, 2.45) is 0 Å². The van der Waals surface area contributed by atoms with Crippen molar-refractivity contribution < 1.29 is 9.47 Å². The van der Waals surface area contributed by atoms with Crippen molar-refractivity contribution in [2.45, 2.75) is 33.1 Å². The van der Waals surface area contributed by atoms with Gasteiger partial charge in [-0.05, 0) is 43.1 Å². The molecule has 4 aromatic rings. The van der Waals surface area contributed by atoms with Gasteiger partial charge >= 0.3 is 0 Å². The molecule has 8 nitrogen and oxygen atoms in total. The number of rotatable bonds is 5. The number of aromatic nitrogens is 5. The SMILES string of the molecule is COc1ccc(Cn2cc3c(n2)C(C)OCc2sc(Nc4nsc(C)n4)nc2-3)cc1. The highest BCUT2D eigenvalue weighted by molar-refractivity contribution is 7.16. The quantitative estimate of drug-likeness (QED) is 0.487. The Kier molecular flexibility index (Phi) is 4.97. The van der Waals surface area contributed by atoms with Crippen molar-refractivity contribution >= 4 is 33.9 Å². The molecule has 154 valence electrons. The van der Waals surface area contributed by atoms with Crippen molar-refractivity contribution in [2.75, 3.05) is 12.4 Å². The molecule has 30 heavy (non-hydrogen) atoms. The van der Waals surface area contributed by atoms with Gasteiger partial charge in [0.25, 0.3) is 0 Å². The lowest BCUT2D eigenvalue weighted by atomic mass is 10.1. The average molecular weight is 441 g/mol. The number of anilines is 2. The number of aryl methyl sites for hydroxylation is 1. The van der Waals surface area contributed by atoms with E-state index >= 15 is 0 Å². The zero-order valence-electron chi connectivity index (χ0n) is 16.7. The van der Waals surface area contributed by atoms with Crippen LogP contribution < -0.4 is 10.1 Å². The fraction of sp³-hybridized carbons (Fsp3) is 0.300. The molecule has 1 N–H and O–H groups in total. The van der Waals surface area contributed by atoms with Crippen molar-refractivity contribution in [3.8, 4) is 17.0 Å². The third-order valence-electron chi connectivity index (χ3n) is 4.84. The number of hydrogen-bond donors (Lipinski definition) is 1. The summed E-state index contributed by atoms with van der Waals surface area (Å²) in [7, 11) is 1.67. The normalized spacial score (nSPS) is 15.4. The first-order valence-corrected chi connectivity index (χ1v) is 11.1. The summed E-state index contributed by atoms with van der Waals surface area (Å²) in [6, 6.07) is 8.01. The van der Waals surface area contributed by atoms with Crippen LogP contribution in [0.5, 0.6) is 5.75 Å². The summed E-state index contributed by atoms with van der Waals surface area (Å²) in [5, 5.41) is 9.68. The Morgan fingerprint density at radius 3 is 2.83 bits per heavy atom. The van der Waals surface area contributed by atoms with E-state index in [0.29, 0.717) is 19.1 Å². The van der Waals surface area contributed by atoms with Crippen LogP contribution in [-0.2, 0) is 17.9 Å². The van der Waals surface area contributed by atoms with Gasteiger partial charge in [-0.2, -0.15) is 9.47 Å². The number of ether oxygens (including phenoxy) is 2. The topological polar surface area (TPSA) is 87.0 Å². The monoisotopic (exact) mass is 440 g/mol. The van der Waals surface area contributed by atoms with Crippen molar-refractivity contribution in [1.29, 1.82) is 0 Å². The van der Waals surface area contributed by atoms with Crippen LogP contribution in [0.2, 0.25) is 0 Å². The Morgan fingerprint density at radius 1 is 1.27 bits per heavy atom. The fourth-order valence-corrected chi connectivity index (χ4v) is 4.68. The first-order chi connectivity index (χ1) is 14.6. The van der Waals surface area contributed by atoms with E-state index in [9.17, 15) is 0 Å². The lowest BCUT2D eigenvalue weighted by molar-refractivity contribution is 0.0533. The van der Waals surface area contributed by atoms with Gasteiger partial charge in [-0.15, -0.1) is 0 Å². The van der Waals surface area contributed by atoms with Crippen molar-refractivity contribution in [3.05, 3.63) is 51.6 Å². The summed E-state index contributed by atoms with van der Waals surface area (Å²) in [5.41, 5.74) is 3.97. The molecule has 0 fully saturated rings. The van der Waals surface area contributed by atoms with E-state index in [1.807, 2.05) is 42.8 Å². The molecule has 0 bridgehead atoms. The molecule has 0 spiro atoms. The smallest absolute Gasteiger partial charge is 0.241 e. The molecule has 1 aliphatic heterocycles. The standard InChI is InChI=1S/C20H20N6O2S2/c1-11-17-15(9-26(24-17)8-13-4-6-14(27-3)7-5-13)18-16(10-28-11)29-20(22-18)23-19-21-12(2)30-25-19/h4-7,9,11H,8,10H2,1-3H3,(H,22,23,25). The second-order valence-electron chi connectivity index (χ2n) is 6.98. The van der Waals surface area contributed by atoms with Gasteiger partial charge in [-0.1, -0.05) is 23.5 Å². The predicted molar refractivity (Wildman–Crippen MR) is 117 cm³/mol. The van der Waals surface area contributed by atoms with Crippen LogP contribution in [-0.4, -0.2) is 31.2 Å². The number of nitrogens with zero attached hydrogens (tertiary/aromatic N) is 5. The van der Waals surface area contributed by atoms with Crippen LogP contribution in [0.3, 0.4) is 0 Å². The minimum atomic E-state index is -0.0993. The van der Waals surface area contributed by atoms with Crippen molar-refractivity contribution in [1.82, 2.24) is 24.1 Å². The Hall–Kier alpha value is -2.82. The van der Waals surface area contributed by atoms with Gasteiger partial charge in [0.05, 0.1) is 36.9 Å². The molecule has 0 aliphatic carbocycles. The highest BCUT2D eigenvalue weighted by Gasteiger charge is 2.27. The Morgan fingerprint density at radius 2 is 2.10 bits per heavy atom. The van der Waals surface area contributed by atoms with E-state index in [0.717, 1.165) is 43.3 Å². The Bertz CT molecular complexity index is 1180. The molecule has 3 aromatic heterocycles. The summed E-state index contributed by atoms with van der Waals surface area (Å²) >= 11 is 2.93. The molecule has 5 rings (SSSR count). The Labute approximate surface area is 181 Å². The van der Waals surface area contributed by atoms with Crippen LogP contribution in [0.15, 0.2) is 30.5 Å². The molecule has 0 saturated carbocycles. The van der Waals surface area contributed by atoms with E-state index in [-0.39, 0.29) is 6.10 Å². The third kappa shape index (κ3) is 3.69. The zero-order chi connectivity index (χ0) is 20.7. The summed E-state index contributed by atoms with van der Waals surface area (Å²) in [4.78, 5) is 10.2. The van der Waals surface area contributed by atoms with Crippen LogP contribution in [0, 0.1) is 6.92 Å². The predicted octanol–water partition coefficient (Wildman–Crippen LogP) is 4.56. The number of benzene rings is 1. The molecule has 0 amide bonds. The summed E-state index contributed by atoms with van der Waals surface area (Å²) in [6.07, 6.45) is 1.95. The first kappa shape index (κ1) is 19.2. The van der Waals surface area contributed by atoms with Gasteiger partial charge in [0.2, 0.25) is 5.95 Å². The molecule has 10 heteroatoms. The van der Waals surface area contributed by atoms with Crippen LogP contribution in [0.1, 0.15) is 34.2 Å². The zero-order valence-corrected chi connectivity index (χ0v) is 18.4. The number of hydrogen-bond acceptors (Lipinski definition) is 9. The highest BCUT2D eigenvalue weighted by Crippen LogP contribution is 2.40. The largest absolute Gasteiger partial charge is 0.497 e. The van der Waals surface area contributed by atoms with E-state index in [1.165, 1.54) is 11.5 Å². The summed E-state index contributed by atoms with van der Waals surface area (Å²) < 4.78 is 17.5.